The molecule has 0 radical (unpaired) electrons. The summed E-state index contributed by atoms with van der Waals surface area (Å²) in [6, 6.07) is 13.2. The summed E-state index contributed by atoms with van der Waals surface area (Å²) in [5.41, 5.74) is 3.94. The Morgan fingerprint density at radius 2 is 1.77 bits per heavy atom. The van der Waals surface area contributed by atoms with Crippen molar-refractivity contribution in [2.45, 2.75) is 27.3 Å². The molecule has 2 amide bonds. The maximum Gasteiger partial charge on any atom is 0.257 e. The van der Waals surface area contributed by atoms with E-state index in [1.807, 2.05) is 26.0 Å². The summed E-state index contributed by atoms with van der Waals surface area (Å²) in [4.78, 5) is 25.2. The third-order valence-electron chi connectivity index (χ3n) is 4.15. The SMILES string of the molecule is CC(=O)Nc1cccc(NC(=O)c2cc(C)n(Cc3cccs3)c2C)c1. The molecule has 0 saturated carbocycles. The van der Waals surface area contributed by atoms with Crippen molar-refractivity contribution in [2.75, 3.05) is 10.6 Å². The van der Waals surface area contributed by atoms with E-state index in [0.29, 0.717) is 16.9 Å². The lowest BCUT2D eigenvalue weighted by atomic mass is 10.2. The maximum absolute atomic E-state index is 12.7. The van der Waals surface area contributed by atoms with Gasteiger partial charge in [0.1, 0.15) is 0 Å². The highest BCUT2D eigenvalue weighted by Crippen LogP contribution is 2.21. The van der Waals surface area contributed by atoms with Gasteiger partial charge in [0.15, 0.2) is 0 Å². The summed E-state index contributed by atoms with van der Waals surface area (Å²) in [6.45, 7) is 6.19. The van der Waals surface area contributed by atoms with Crippen LogP contribution in [-0.2, 0) is 11.3 Å². The normalized spacial score (nSPS) is 10.6. The quantitative estimate of drug-likeness (QED) is 0.701. The van der Waals surface area contributed by atoms with Crippen LogP contribution in [-0.4, -0.2) is 16.4 Å². The fraction of sp³-hybridized carbons (Fsp3) is 0.200. The molecule has 2 aromatic heterocycles. The monoisotopic (exact) mass is 367 g/mol. The number of carbonyl (C=O) groups excluding carboxylic acids is 2. The molecule has 6 heteroatoms. The van der Waals surface area contributed by atoms with Gasteiger partial charge in [0.2, 0.25) is 5.91 Å². The zero-order valence-corrected chi connectivity index (χ0v) is 15.8. The molecule has 0 aliphatic heterocycles. The third-order valence-corrected chi connectivity index (χ3v) is 5.01. The summed E-state index contributed by atoms with van der Waals surface area (Å²) in [5, 5.41) is 7.68. The summed E-state index contributed by atoms with van der Waals surface area (Å²) in [5.74, 6) is -0.305. The molecule has 134 valence electrons. The van der Waals surface area contributed by atoms with Gasteiger partial charge >= 0.3 is 0 Å². The van der Waals surface area contributed by atoms with Gasteiger partial charge in [-0.25, -0.2) is 0 Å². The Labute approximate surface area is 156 Å². The summed E-state index contributed by atoms with van der Waals surface area (Å²) >= 11 is 1.71. The second-order valence-electron chi connectivity index (χ2n) is 6.17. The highest BCUT2D eigenvalue weighted by Gasteiger charge is 2.16. The van der Waals surface area contributed by atoms with Crippen LogP contribution in [0.3, 0.4) is 0 Å². The Balaban J connectivity index is 1.79. The molecule has 0 unspecified atom stereocenters. The van der Waals surface area contributed by atoms with Gasteiger partial charge < -0.3 is 15.2 Å². The number of nitrogens with one attached hydrogen (secondary N) is 2. The lowest BCUT2D eigenvalue weighted by molar-refractivity contribution is -0.114. The molecule has 26 heavy (non-hydrogen) atoms. The van der Waals surface area contributed by atoms with E-state index in [2.05, 4.69) is 26.6 Å². The van der Waals surface area contributed by atoms with E-state index in [4.69, 9.17) is 0 Å². The van der Waals surface area contributed by atoms with E-state index >= 15 is 0 Å². The van der Waals surface area contributed by atoms with Crippen molar-refractivity contribution >= 4 is 34.5 Å². The number of amides is 2. The first-order valence-electron chi connectivity index (χ1n) is 8.32. The van der Waals surface area contributed by atoms with E-state index in [-0.39, 0.29) is 11.8 Å². The Bertz CT molecular complexity index is 942. The van der Waals surface area contributed by atoms with Gasteiger partial charge in [-0.2, -0.15) is 0 Å². The molecular weight excluding hydrogens is 346 g/mol. The van der Waals surface area contributed by atoms with Crippen LogP contribution in [0.25, 0.3) is 0 Å². The number of benzene rings is 1. The lowest BCUT2D eigenvalue weighted by Gasteiger charge is -2.10. The van der Waals surface area contributed by atoms with Crippen LogP contribution in [0.4, 0.5) is 11.4 Å². The van der Waals surface area contributed by atoms with Gasteiger partial charge in [-0.1, -0.05) is 12.1 Å². The van der Waals surface area contributed by atoms with E-state index in [0.717, 1.165) is 17.9 Å². The number of carbonyl (C=O) groups is 2. The predicted molar refractivity (Wildman–Crippen MR) is 106 cm³/mol. The molecule has 0 saturated heterocycles. The maximum atomic E-state index is 12.7. The Morgan fingerprint density at radius 3 is 2.42 bits per heavy atom. The average molecular weight is 367 g/mol. The van der Waals surface area contributed by atoms with Crippen LogP contribution < -0.4 is 10.6 Å². The Morgan fingerprint density at radius 1 is 1.04 bits per heavy atom. The average Bonchev–Trinajstić information content (AvgIpc) is 3.18. The van der Waals surface area contributed by atoms with E-state index in [1.54, 1.807) is 35.6 Å². The first-order valence-corrected chi connectivity index (χ1v) is 9.20. The molecule has 2 heterocycles. The molecule has 5 nitrogen and oxygen atoms in total. The number of anilines is 2. The van der Waals surface area contributed by atoms with Crippen LogP contribution >= 0.6 is 11.3 Å². The largest absolute Gasteiger partial charge is 0.343 e. The van der Waals surface area contributed by atoms with Gasteiger partial charge in [-0.3, -0.25) is 9.59 Å². The number of nitrogens with zero attached hydrogens (tertiary/aromatic N) is 1. The molecule has 0 fully saturated rings. The van der Waals surface area contributed by atoms with Crippen molar-refractivity contribution in [3.63, 3.8) is 0 Å². The Hall–Kier alpha value is -2.86. The number of hydrogen-bond acceptors (Lipinski definition) is 3. The van der Waals surface area contributed by atoms with Crippen molar-refractivity contribution in [1.29, 1.82) is 0 Å². The second-order valence-corrected chi connectivity index (χ2v) is 7.20. The van der Waals surface area contributed by atoms with Crippen LogP contribution in [0.5, 0.6) is 0 Å². The van der Waals surface area contributed by atoms with Crippen molar-refractivity contribution in [2.24, 2.45) is 0 Å². The number of hydrogen-bond donors (Lipinski definition) is 2. The van der Waals surface area contributed by atoms with Crippen LogP contribution in [0, 0.1) is 13.8 Å². The summed E-state index contributed by atoms with van der Waals surface area (Å²) in [7, 11) is 0. The fourth-order valence-corrected chi connectivity index (χ4v) is 3.60. The topological polar surface area (TPSA) is 63.1 Å². The van der Waals surface area contributed by atoms with Crippen molar-refractivity contribution < 1.29 is 9.59 Å². The number of rotatable bonds is 5. The minimum absolute atomic E-state index is 0.148. The zero-order valence-electron chi connectivity index (χ0n) is 15.0. The van der Waals surface area contributed by atoms with E-state index < -0.39 is 0 Å². The van der Waals surface area contributed by atoms with Gasteiger partial charge in [0.05, 0.1) is 12.1 Å². The van der Waals surface area contributed by atoms with Crippen molar-refractivity contribution in [3.8, 4) is 0 Å². The third kappa shape index (κ3) is 4.03. The second kappa shape index (κ2) is 7.58. The number of aromatic nitrogens is 1. The minimum atomic E-state index is -0.157. The van der Waals surface area contributed by atoms with Gasteiger partial charge in [0.25, 0.3) is 5.91 Å². The molecule has 3 rings (SSSR count). The summed E-state index contributed by atoms with van der Waals surface area (Å²) < 4.78 is 2.15. The van der Waals surface area contributed by atoms with Gasteiger partial charge in [-0.15, -0.1) is 11.3 Å². The highest BCUT2D eigenvalue weighted by atomic mass is 32.1. The first-order chi connectivity index (χ1) is 12.4. The lowest BCUT2D eigenvalue weighted by Crippen LogP contribution is -2.14. The molecule has 3 aromatic rings. The molecule has 2 N–H and O–H groups in total. The van der Waals surface area contributed by atoms with E-state index in [9.17, 15) is 9.59 Å². The molecule has 0 aliphatic carbocycles. The van der Waals surface area contributed by atoms with Crippen LogP contribution in [0.2, 0.25) is 0 Å². The zero-order chi connectivity index (χ0) is 18.7. The summed E-state index contributed by atoms with van der Waals surface area (Å²) in [6.07, 6.45) is 0. The molecule has 0 atom stereocenters. The first kappa shape index (κ1) is 17.9. The number of thiophene rings is 1. The Kier molecular flexibility index (Phi) is 5.23. The van der Waals surface area contributed by atoms with Crippen molar-refractivity contribution in [3.05, 3.63) is 69.7 Å². The molecule has 1 aromatic carbocycles. The smallest absolute Gasteiger partial charge is 0.257 e. The molecular formula is C20H21N3O2S. The number of aryl methyl sites for hydroxylation is 1. The van der Waals surface area contributed by atoms with Gasteiger partial charge in [0, 0.05) is 34.6 Å². The van der Waals surface area contributed by atoms with Crippen LogP contribution in [0.15, 0.2) is 47.8 Å². The molecule has 0 aliphatic rings. The molecule has 0 bridgehead atoms. The minimum Gasteiger partial charge on any atom is -0.343 e. The standard InChI is InChI=1S/C20H21N3O2S/c1-13-10-19(14(2)23(13)12-18-8-5-9-26-18)20(25)22-17-7-4-6-16(11-17)21-15(3)24/h4-11H,12H2,1-3H3,(H,21,24)(H,22,25). The molecule has 0 spiro atoms. The predicted octanol–water partition coefficient (Wildman–Crippen LogP) is 4.43. The van der Waals surface area contributed by atoms with E-state index in [1.165, 1.54) is 11.8 Å². The highest BCUT2D eigenvalue weighted by molar-refractivity contribution is 7.09. The van der Waals surface area contributed by atoms with Gasteiger partial charge in [-0.05, 0) is 49.6 Å². The van der Waals surface area contributed by atoms with Crippen molar-refractivity contribution in [1.82, 2.24) is 4.57 Å². The van der Waals surface area contributed by atoms with Crippen LogP contribution in [0.1, 0.15) is 33.5 Å². The fourth-order valence-electron chi connectivity index (χ4n) is 2.91.